The molecule has 12 heteroatoms. The van der Waals surface area contributed by atoms with Gasteiger partial charge in [-0.1, -0.05) is 12.1 Å². The number of hydrogen-bond acceptors (Lipinski definition) is 5. The van der Waals surface area contributed by atoms with Crippen LogP contribution in [0, 0.1) is 27.6 Å². The summed E-state index contributed by atoms with van der Waals surface area (Å²) in [5, 5.41) is 11.5. The number of carbonyl (C=O) groups excluding carboxylic acids is 2. The van der Waals surface area contributed by atoms with Gasteiger partial charge < -0.3 is 4.90 Å². The van der Waals surface area contributed by atoms with Crippen LogP contribution >= 0.6 is 0 Å². The SMILES string of the molecule is O=C1CS(=O)C2(C(=O)N(Cc3cccc(F)c3)c3ccc([N+](=O)[O-])cc32)N1c1ccc(F)c(F)c1. The van der Waals surface area contributed by atoms with E-state index in [0.29, 0.717) is 11.6 Å². The molecule has 2 amide bonds. The monoisotopic (exact) mass is 501 g/mol. The topological polar surface area (TPSA) is 101 Å². The number of hydrogen-bond donors (Lipinski definition) is 0. The lowest BCUT2D eigenvalue weighted by Gasteiger charge is -2.32. The average Bonchev–Trinajstić information content (AvgIpc) is 3.21. The highest BCUT2D eigenvalue weighted by Crippen LogP contribution is 2.52. The Bertz CT molecular complexity index is 1470. The smallest absolute Gasteiger partial charge is 0.271 e. The highest BCUT2D eigenvalue weighted by Gasteiger charge is 2.65. The summed E-state index contributed by atoms with van der Waals surface area (Å²) in [7, 11) is -2.25. The number of non-ortho nitro benzene ring substituents is 1. The molecule has 0 aromatic heterocycles. The number of fused-ring (bicyclic) bond motifs is 2. The molecule has 0 aliphatic carbocycles. The van der Waals surface area contributed by atoms with Crippen LogP contribution in [0.2, 0.25) is 0 Å². The maximum absolute atomic E-state index is 14.1. The zero-order chi connectivity index (χ0) is 25.1. The van der Waals surface area contributed by atoms with E-state index < -0.39 is 61.3 Å². The van der Waals surface area contributed by atoms with Crippen molar-refractivity contribution in [1.29, 1.82) is 0 Å². The first-order valence-electron chi connectivity index (χ1n) is 10.2. The van der Waals surface area contributed by atoms with Gasteiger partial charge in [0.15, 0.2) is 11.6 Å². The second kappa shape index (κ2) is 8.01. The third-order valence-electron chi connectivity index (χ3n) is 5.92. The van der Waals surface area contributed by atoms with E-state index in [4.69, 9.17) is 0 Å². The standard InChI is InChI=1S/C23H14F3N3O5S/c24-14-3-1-2-13(8-14)11-27-20-7-5-16(29(32)33)9-17(20)23(22(27)31)28(21(30)12-35(23)34)15-4-6-18(25)19(26)10-15/h1-10H,11-12H2. The number of anilines is 2. The molecule has 2 unspecified atom stereocenters. The van der Waals surface area contributed by atoms with Crippen LogP contribution in [0.4, 0.5) is 30.2 Å². The Morgan fingerprint density at radius 2 is 1.77 bits per heavy atom. The fraction of sp³-hybridized carbons (Fsp3) is 0.130. The summed E-state index contributed by atoms with van der Waals surface area (Å²) in [5.41, 5.74) is -0.264. The van der Waals surface area contributed by atoms with Crippen LogP contribution in [0.3, 0.4) is 0 Å². The van der Waals surface area contributed by atoms with Gasteiger partial charge in [-0.3, -0.25) is 28.8 Å². The van der Waals surface area contributed by atoms with Crippen LogP contribution in [-0.2, 0) is 31.8 Å². The largest absolute Gasteiger partial charge is 0.304 e. The number of rotatable bonds is 4. The molecule has 1 saturated heterocycles. The Balaban J connectivity index is 1.75. The number of halogens is 3. The summed E-state index contributed by atoms with van der Waals surface area (Å²) in [4.78, 5) is 37.4. The Kier molecular flexibility index (Phi) is 5.20. The van der Waals surface area contributed by atoms with Crippen molar-refractivity contribution in [1.82, 2.24) is 0 Å². The second-order valence-corrected chi connectivity index (χ2v) is 9.51. The molecule has 0 bridgehead atoms. The fourth-order valence-electron chi connectivity index (χ4n) is 4.47. The minimum absolute atomic E-state index is 0.0954. The molecular formula is C23H14F3N3O5S. The normalized spacial score (nSPS) is 21.2. The van der Waals surface area contributed by atoms with E-state index in [9.17, 15) is 37.1 Å². The Morgan fingerprint density at radius 3 is 2.46 bits per heavy atom. The van der Waals surface area contributed by atoms with Crippen molar-refractivity contribution in [2.45, 2.75) is 11.4 Å². The molecular weight excluding hydrogens is 487 g/mol. The minimum atomic E-state index is -2.25. The summed E-state index contributed by atoms with van der Waals surface area (Å²) >= 11 is 0. The second-order valence-electron chi connectivity index (χ2n) is 7.94. The van der Waals surface area contributed by atoms with Gasteiger partial charge in [-0.05, 0) is 35.9 Å². The van der Waals surface area contributed by atoms with E-state index in [1.807, 2.05) is 0 Å². The lowest BCUT2D eigenvalue weighted by Crippen LogP contribution is -2.52. The highest BCUT2D eigenvalue weighted by atomic mass is 32.2. The summed E-state index contributed by atoms with van der Waals surface area (Å²) < 4.78 is 54.9. The van der Waals surface area contributed by atoms with Gasteiger partial charge in [0.25, 0.3) is 11.6 Å². The zero-order valence-corrected chi connectivity index (χ0v) is 18.4. The summed E-state index contributed by atoms with van der Waals surface area (Å²) in [6.45, 7) is -0.194. The number of nitro benzene ring substituents is 1. The lowest BCUT2D eigenvalue weighted by molar-refractivity contribution is -0.384. The van der Waals surface area contributed by atoms with Crippen molar-refractivity contribution in [2.24, 2.45) is 0 Å². The third-order valence-corrected chi connectivity index (χ3v) is 7.67. The minimum Gasteiger partial charge on any atom is -0.304 e. The van der Waals surface area contributed by atoms with Crippen molar-refractivity contribution in [2.75, 3.05) is 15.6 Å². The lowest BCUT2D eigenvalue weighted by atomic mass is 10.0. The van der Waals surface area contributed by atoms with E-state index in [1.54, 1.807) is 6.07 Å². The van der Waals surface area contributed by atoms with Gasteiger partial charge in [-0.15, -0.1) is 0 Å². The molecule has 3 aromatic rings. The maximum Gasteiger partial charge on any atom is 0.271 e. The molecule has 2 aliphatic rings. The van der Waals surface area contributed by atoms with Gasteiger partial charge in [-0.25, -0.2) is 13.2 Å². The molecule has 2 atom stereocenters. The van der Waals surface area contributed by atoms with Crippen molar-refractivity contribution in [3.05, 3.63) is 99.4 Å². The predicted molar refractivity (Wildman–Crippen MR) is 119 cm³/mol. The molecule has 178 valence electrons. The van der Waals surface area contributed by atoms with Crippen LogP contribution in [0.25, 0.3) is 0 Å². The Labute approximate surface area is 198 Å². The molecule has 0 radical (unpaired) electrons. The maximum atomic E-state index is 14.1. The van der Waals surface area contributed by atoms with Crippen LogP contribution in [0.1, 0.15) is 11.1 Å². The third kappa shape index (κ3) is 3.32. The van der Waals surface area contributed by atoms with Crippen molar-refractivity contribution in [3.8, 4) is 0 Å². The van der Waals surface area contributed by atoms with E-state index in [2.05, 4.69) is 0 Å². The number of nitro groups is 1. The molecule has 5 rings (SSSR count). The number of carbonyl (C=O) groups is 2. The van der Waals surface area contributed by atoms with Gasteiger partial charge in [-0.2, -0.15) is 0 Å². The summed E-state index contributed by atoms with van der Waals surface area (Å²) in [6.07, 6.45) is 0. The quantitative estimate of drug-likeness (QED) is 0.402. The molecule has 2 heterocycles. The molecule has 1 spiro atoms. The molecule has 8 nitrogen and oxygen atoms in total. The molecule has 2 aliphatic heterocycles. The summed E-state index contributed by atoms with van der Waals surface area (Å²) in [5.74, 6) is -5.36. The molecule has 0 saturated carbocycles. The van der Waals surface area contributed by atoms with Gasteiger partial charge in [0, 0.05) is 29.4 Å². The van der Waals surface area contributed by atoms with Gasteiger partial charge in [0.2, 0.25) is 10.8 Å². The Morgan fingerprint density at radius 1 is 1.00 bits per heavy atom. The van der Waals surface area contributed by atoms with Gasteiger partial charge in [0.05, 0.1) is 28.0 Å². The number of amides is 2. The van der Waals surface area contributed by atoms with Crippen molar-refractivity contribution >= 4 is 39.7 Å². The zero-order valence-electron chi connectivity index (χ0n) is 17.6. The van der Waals surface area contributed by atoms with E-state index in [0.717, 1.165) is 34.1 Å². The van der Waals surface area contributed by atoms with Crippen molar-refractivity contribution < 1.29 is 31.9 Å². The van der Waals surface area contributed by atoms with Crippen LogP contribution in [-0.4, -0.2) is 26.7 Å². The van der Waals surface area contributed by atoms with E-state index in [-0.39, 0.29) is 23.5 Å². The predicted octanol–water partition coefficient (Wildman–Crippen LogP) is 3.51. The number of nitrogens with zero attached hydrogens (tertiary/aromatic N) is 3. The Hall–Kier alpha value is -4.06. The highest BCUT2D eigenvalue weighted by molar-refractivity contribution is 7.88. The first kappa shape index (κ1) is 22.7. The van der Waals surface area contributed by atoms with Crippen molar-refractivity contribution in [3.63, 3.8) is 0 Å². The first-order chi connectivity index (χ1) is 16.6. The number of benzene rings is 3. The van der Waals surface area contributed by atoms with Crippen LogP contribution < -0.4 is 9.80 Å². The first-order valence-corrected chi connectivity index (χ1v) is 11.5. The average molecular weight is 501 g/mol. The molecule has 1 fully saturated rings. The molecule has 0 N–H and O–H groups in total. The van der Waals surface area contributed by atoms with Crippen LogP contribution in [0.5, 0.6) is 0 Å². The van der Waals surface area contributed by atoms with Gasteiger partial charge in [0.1, 0.15) is 11.6 Å². The molecule has 35 heavy (non-hydrogen) atoms. The summed E-state index contributed by atoms with van der Waals surface area (Å²) in [6, 6.07) is 11.4. The van der Waals surface area contributed by atoms with E-state index in [1.165, 1.54) is 24.3 Å². The fourth-order valence-corrected chi connectivity index (χ4v) is 6.16. The van der Waals surface area contributed by atoms with Crippen LogP contribution in [0.15, 0.2) is 60.7 Å². The molecule has 3 aromatic carbocycles. The van der Waals surface area contributed by atoms with Gasteiger partial charge >= 0.3 is 0 Å². The van der Waals surface area contributed by atoms with E-state index >= 15 is 0 Å².